The average Bonchev–Trinajstić information content (AvgIpc) is 2.12. The Bertz CT molecular complexity index is 319. The van der Waals surface area contributed by atoms with E-state index in [4.69, 9.17) is 0 Å². The van der Waals surface area contributed by atoms with Crippen molar-refractivity contribution in [3.05, 3.63) is 0 Å². The van der Waals surface area contributed by atoms with Crippen molar-refractivity contribution in [1.29, 1.82) is 0 Å². The van der Waals surface area contributed by atoms with Crippen LogP contribution in [0.3, 0.4) is 0 Å². The van der Waals surface area contributed by atoms with Crippen molar-refractivity contribution in [2.24, 2.45) is 0 Å². The SMILES string of the molecule is IC(C(I)(I)I)C(I)(I)C(I)(I)C(I)(I)C(I)(I)I. The average molecular weight is 1720 g/mol. The summed E-state index contributed by atoms with van der Waals surface area (Å²) in [5.41, 5.74) is 0. The molecule has 0 amide bonds. The van der Waals surface area contributed by atoms with Gasteiger partial charge in [-0.15, -0.1) is 0 Å². The molecule has 0 aromatic carbocycles. The lowest BCUT2D eigenvalue weighted by atomic mass is 10.2. The summed E-state index contributed by atoms with van der Waals surface area (Å²) in [7, 11) is 0. The summed E-state index contributed by atoms with van der Waals surface area (Å²) in [5.74, 6) is 0. The van der Waals surface area contributed by atoms with Gasteiger partial charge in [-0.05, 0) is 0 Å². The molecule has 13 heteroatoms. The number of halogens is 13. The van der Waals surface area contributed by atoms with E-state index in [-0.39, 0.29) is 3.16 Å². The Kier molecular flexibility index (Phi) is 16.0. The molecule has 0 aliphatic rings. The highest BCUT2D eigenvalue weighted by Gasteiger charge is 2.67. The summed E-state index contributed by atoms with van der Waals surface area (Å²) in [6.45, 7) is 0. The van der Waals surface area contributed by atoms with E-state index in [0.29, 0.717) is 3.92 Å². The Balaban J connectivity index is 5.78. The molecule has 0 N–H and O–H groups in total. The first-order valence-electron chi connectivity index (χ1n) is 3.81. The fourth-order valence-electron chi connectivity index (χ4n) is 0.752. The van der Waals surface area contributed by atoms with Crippen LogP contribution in [0.15, 0.2) is 0 Å². The van der Waals surface area contributed by atoms with Crippen LogP contribution in [0.1, 0.15) is 0 Å². The van der Waals surface area contributed by atoms with Gasteiger partial charge in [-0.25, -0.2) is 0 Å². The molecule has 1 unspecified atom stereocenters. The second-order valence-electron chi connectivity index (χ2n) is 3.17. The summed E-state index contributed by atoms with van der Waals surface area (Å²) in [4.78, 5) is 0. The summed E-state index contributed by atoms with van der Waals surface area (Å²) in [6, 6.07) is 0. The van der Waals surface area contributed by atoms with Crippen LogP contribution in [0, 0.1) is 0 Å². The molecule has 0 heterocycles. The molecule has 0 aromatic rings. The smallest absolute Gasteiger partial charge is 0.0770 e. The maximum Gasteiger partial charge on any atom is 0.149 e. The van der Waals surface area contributed by atoms with Crippen LogP contribution in [0.5, 0.6) is 0 Å². The Hall–Kier alpha value is 9.49. The normalized spacial score (nSPS) is 17.5. The van der Waals surface area contributed by atoms with Crippen LogP contribution in [-0.2, 0) is 0 Å². The molecule has 1 atom stereocenters. The van der Waals surface area contributed by atoms with Gasteiger partial charge in [0, 0.05) is 0 Å². The topological polar surface area (TPSA) is 0 Å². The van der Waals surface area contributed by atoms with Crippen molar-refractivity contribution >= 4 is 294 Å². The molecule has 0 bridgehead atoms. The number of hydrogen-bond acceptors (Lipinski definition) is 0. The zero-order valence-electron chi connectivity index (χ0n) is 7.99. The fourth-order valence-corrected chi connectivity index (χ4v) is 17.8. The molecule has 0 saturated heterocycles. The molecular formula is C6HI13. The van der Waals surface area contributed by atoms with E-state index in [1.54, 1.807) is 0 Å². The first kappa shape index (κ1) is 28.5. The number of alkyl halides is 13. The van der Waals surface area contributed by atoms with Gasteiger partial charge in [0.1, 0.15) is 3.16 Å². The summed E-state index contributed by atoms with van der Waals surface area (Å²) in [6.07, 6.45) is 0. The predicted molar refractivity (Wildman–Crippen MR) is 200 cm³/mol. The highest BCUT2D eigenvalue weighted by molar-refractivity contribution is 14.3. The molecule has 0 aliphatic carbocycles. The first-order chi connectivity index (χ1) is 7.90. The fraction of sp³-hybridized carbons (Fsp3) is 1.00. The van der Waals surface area contributed by atoms with Gasteiger partial charge in [0.15, 0.2) is 0 Å². The van der Waals surface area contributed by atoms with Gasteiger partial charge in [-0.2, -0.15) is 0 Å². The largest absolute Gasteiger partial charge is 0.149 e. The lowest BCUT2D eigenvalue weighted by Gasteiger charge is -2.50. The lowest BCUT2D eigenvalue weighted by molar-refractivity contribution is 0.783. The number of rotatable bonds is 5. The van der Waals surface area contributed by atoms with Crippen molar-refractivity contribution in [1.82, 2.24) is 0 Å². The molecule has 0 fully saturated rings. The van der Waals surface area contributed by atoms with Crippen molar-refractivity contribution < 1.29 is 0 Å². The maximum absolute atomic E-state index is 2.67. The highest BCUT2D eigenvalue weighted by atomic mass is 127. The molecule has 0 aliphatic heterocycles. The maximum atomic E-state index is 2.67. The van der Waals surface area contributed by atoms with Crippen LogP contribution in [-0.4, -0.2) is 7.08 Å². The minimum atomic E-state index is 0.0972. The van der Waals surface area contributed by atoms with E-state index in [1.165, 1.54) is 0 Å². The van der Waals surface area contributed by atoms with Crippen LogP contribution in [0.25, 0.3) is 0 Å². The Morgan fingerprint density at radius 2 is 0.842 bits per heavy atom. The van der Waals surface area contributed by atoms with Crippen LogP contribution in [0.4, 0.5) is 0 Å². The molecule has 0 aromatic heterocycles. The zero-order valence-corrected chi connectivity index (χ0v) is 36.0. The predicted octanol–water partition coefficient (Wildman–Crippen LogP) is 10.4. The van der Waals surface area contributed by atoms with E-state index in [2.05, 4.69) is 294 Å². The summed E-state index contributed by atoms with van der Waals surface area (Å²) in [5, 5.41) is 0. The zero-order chi connectivity index (χ0) is 16.1. The monoisotopic (exact) mass is 1720 g/mol. The summed E-state index contributed by atoms with van der Waals surface area (Å²) < 4.78 is 1.21. The molecule has 0 radical (unpaired) electrons. The lowest BCUT2D eigenvalue weighted by Crippen LogP contribution is -2.58. The van der Waals surface area contributed by atoms with Crippen molar-refractivity contribution in [3.63, 3.8) is 0 Å². The van der Waals surface area contributed by atoms with Gasteiger partial charge in [0.05, 0.1) is 3.92 Å². The van der Waals surface area contributed by atoms with Gasteiger partial charge < -0.3 is 0 Å². The van der Waals surface area contributed by atoms with E-state index < -0.39 is 0 Å². The molecule has 0 spiro atoms. The standard InChI is InChI=1S/C6HI13/c7-1(3(10,11)12)2(8,9)4(13,14)5(15,16)6(17,18)19/h1H. The Morgan fingerprint density at radius 1 is 0.526 bits per heavy atom. The van der Waals surface area contributed by atoms with Crippen LogP contribution in [0.2, 0.25) is 0 Å². The van der Waals surface area contributed by atoms with E-state index in [1.807, 2.05) is 0 Å². The van der Waals surface area contributed by atoms with E-state index in [0.717, 1.165) is 0 Å². The molecule has 0 nitrogen and oxygen atoms in total. The van der Waals surface area contributed by atoms with Crippen molar-refractivity contribution in [3.8, 4) is 0 Å². The first-order valence-corrected chi connectivity index (χ1v) is 18.0. The molecule has 116 valence electrons. The molecule has 19 heavy (non-hydrogen) atoms. The van der Waals surface area contributed by atoms with Crippen molar-refractivity contribution in [2.45, 2.75) is 7.08 Å². The Morgan fingerprint density at radius 3 is 1.05 bits per heavy atom. The third kappa shape index (κ3) is 7.60. The third-order valence-corrected chi connectivity index (χ3v) is 37.8. The summed E-state index contributed by atoms with van der Waals surface area (Å²) >= 11 is 33.9. The molecule has 0 saturated carbocycles. The third-order valence-electron chi connectivity index (χ3n) is 1.77. The van der Waals surface area contributed by atoms with Gasteiger partial charge in [0.25, 0.3) is 0 Å². The van der Waals surface area contributed by atoms with Gasteiger partial charge in [0.2, 0.25) is 0 Å². The quantitative estimate of drug-likeness (QED) is 0.190. The number of hydrogen-bond donors (Lipinski definition) is 0. The van der Waals surface area contributed by atoms with Crippen molar-refractivity contribution in [2.75, 3.05) is 0 Å². The second-order valence-corrected chi connectivity index (χ2v) is 42.8. The minimum absolute atomic E-state index is 0.0972. The highest BCUT2D eigenvalue weighted by Crippen LogP contribution is 2.72. The van der Waals surface area contributed by atoms with Crippen LogP contribution >= 0.6 is 294 Å². The minimum Gasteiger partial charge on any atom is -0.0770 e. The van der Waals surface area contributed by atoms with E-state index in [9.17, 15) is 0 Å². The molecular weight excluding hydrogens is 1720 g/mol. The molecule has 0 rings (SSSR count). The van der Waals surface area contributed by atoms with Gasteiger partial charge in [-0.1, -0.05) is 294 Å². The van der Waals surface area contributed by atoms with Crippen LogP contribution < -0.4 is 0 Å². The van der Waals surface area contributed by atoms with E-state index >= 15 is 0 Å². The second kappa shape index (κ2) is 10.7. The Labute approximate surface area is 291 Å². The van der Waals surface area contributed by atoms with Gasteiger partial charge >= 0.3 is 0 Å². The van der Waals surface area contributed by atoms with Gasteiger partial charge in [-0.3, -0.25) is 0 Å².